The Hall–Kier alpha value is -2.03. The van der Waals surface area contributed by atoms with Crippen molar-refractivity contribution in [2.24, 2.45) is 0 Å². The first kappa shape index (κ1) is 14.4. The average molecular weight is 272 g/mol. The third-order valence-corrected chi connectivity index (χ3v) is 3.47. The predicted molar refractivity (Wildman–Crippen MR) is 80.3 cm³/mol. The number of carbonyl (C=O) groups excluding carboxylic acids is 1. The molecule has 0 bridgehead atoms. The van der Waals surface area contributed by atoms with Gasteiger partial charge in [-0.15, -0.1) is 0 Å². The lowest BCUT2D eigenvalue weighted by molar-refractivity contribution is -0.118. The normalized spacial score (nSPS) is 10.9. The summed E-state index contributed by atoms with van der Waals surface area (Å²) in [4.78, 5) is 11.7. The highest BCUT2D eigenvalue weighted by molar-refractivity contribution is 5.95. The summed E-state index contributed by atoms with van der Waals surface area (Å²) < 4.78 is 0. The van der Waals surface area contributed by atoms with Gasteiger partial charge in [0, 0.05) is 12.8 Å². The minimum Gasteiger partial charge on any atom is -0.507 e. The van der Waals surface area contributed by atoms with E-state index in [0.717, 1.165) is 29.4 Å². The maximum atomic E-state index is 11.7. The molecule has 2 aromatic carbocycles. The summed E-state index contributed by atoms with van der Waals surface area (Å²) in [6.07, 6.45) is 2.52. The van der Waals surface area contributed by atoms with Crippen molar-refractivity contribution in [1.29, 1.82) is 0 Å². The first-order chi connectivity index (χ1) is 9.55. The molecule has 0 aliphatic heterocycles. The van der Waals surface area contributed by atoms with Crippen LogP contribution in [0.3, 0.4) is 0 Å². The summed E-state index contributed by atoms with van der Waals surface area (Å²) in [5, 5.41) is 21.3. The predicted octanol–water partition coefficient (Wildman–Crippen LogP) is 3.73. The van der Waals surface area contributed by atoms with Crippen LogP contribution in [-0.2, 0) is 17.6 Å². The van der Waals surface area contributed by atoms with Gasteiger partial charge in [-0.25, -0.2) is 0 Å². The van der Waals surface area contributed by atoms with Gasteiger partial charge in [0.05, 0.1) is 5.39 Å². The van der Waals surface area contributed by atoms with Gasteiger partial charge in [0.1, 0.15) is 17.3 Å². The number of fused-ring (bicyclic) bond motifs is 1. The van der Waals surface area contributed by atoms with Crippen LogP contribution in [-0.4, -0.2) is 16.0 Å². The monoisotopic (exact) mass is 272 g/mol. The largest absolute Gasteiger partial charge is 0.507 e. The van der Waals surface area contributed by atoms with Gasteiger partial charge in [0.15, 0.2) is 0 Å². The van der Waals surface area contributed by atoms with Crippen LogP contribution in [0.4, 0.5) is 0 Å². The molecule has 0 spiro atoms. The zero-order chi connectivity index (χ0) is 14.7. The van der Waals surface area contributed by atoms with E-state index < -0.39 is 0 Å². The molecule has 2 N–H and O–H groups in total. The summed E-state index contributed by atoms with van der Waals surface area (Å²) in [5.74, 6) is 0.285. The number of aryl methyl sites for hydroxylation is 1. The van der Waals surface area contributed by atoms with Gasteiger partial charge >= 0.3 is 0 Å². The Morgan fingerprint density at radius 3 is 2.20 bits per heavy atom. The van der Waals surface area contributed by atoms with E-state index >= 15 is 0 Å². The van der Waals surface area contributed by atoms with Crippen molar-refractivity contribution < 1.29 is 15.0 Å². The second-order valence-electron chi connectivity index (χ2n) is 5.15. The highest BCUT2D eigenvalue weighted by Gasteiger charge is 2.11. The van der Waals surface area contributed by atoms with Crippen molar-refractivity contribution in [3.05, 3.63) is 35.4 Å². The Bertz CT molecular complexity index is 644. The molecule has 0 unspecified atom stereocenters. The third-order valence-electron chi connectivity index (χ3n) is 3.47. The number of hydrogen-bond donors (Lipinski definition) is 2. The zero-order valence-electron chi connectivity index (χ0n) is 11.9. The summed E-state index contributed by atoms with van der Waals surface area (Å²) in [6.45, 7) is 3.98. The number of Topliss-reactive ketones (excluding diaryl/α,β-unsaturated/α-hetero) is 1. The minimum atomic E-state index is 0.0296. The first-order valence-corrected chi connectivity index (χ1v) is 7.04. The minimum absolute atomic E-state index is 0.0296. The Balaban J connectivity index is 2.47. The van der Waals surface area contributed by atoms with E-state index in [1.807, 2.05) is 26.0 Å². The summed E-state index contributed by atoms with van der Waals surface area (Å²) >= 11 is 0. The molecule has 0 saturated heterocycles. The van der Waals surface area contributed by atoms with Crippen LogP contribution in [0.1, 0.15) is 37.8 Å². The van der Waals surface area contributed by atoms with E-state index in [1.54, 1.807) is 12.1 Å². The summed E-state index contributed by atoms with van der Waals surface area (Å²) in [7, 11) is 0. The molecule has 0 fully saturated rings. The molecule has 0 atom stereocenters. The van der Waals surface area contributed by atoms with Gasteiger partial charge in [0.2, 0.25) is 0 Å². The molecule has 106 valence electrons. The van der Waals surface area contributed by atoms with Crippen LogP contribution in [0.5, 0.6) is 11.5 Å². The fourth-order valence-electron chi connectivity index (χ4n) is 2.49. The lowest BCUT2D eigenvalue weighted by Crippen LogP contribution is -2.01. The number of ketones is 1. The highest BCUT2D eigenvalue weighted by Crippen LogP contribution is 2.35. The van der Waals surface area contributed by atoms with Gasteiger partial charge in [-0.2, -0.15) is 0 Å². The van der Waals surface area contributed by atoms with Gasteiger partial charge in [0.25, 0.3) is 0 Å². The van der Waals surface area contributed by atoms with Gasteiger partial charge in [-0.1, -0.05) is 26.0 Å². The van der Waals surface area contributed by atoms with E-state index in [4.69, 9.17) is 0 Å². The molecule has 0 saturated carbocycles. The molecule has 0 aliphatic carbocycles. The van der Waals surface area contributed by atoms with Crippen LogP contribution in [0.15, 0.2) is 24.3 Å². The molecule has 0 amide bonds. The molecular formula is C17H20O3. The maximum absolute atomic E-state index is 11.7. The van der Waals surface area contributed by atoms with Crippen molar-refractivity contribution in [1.82, 2.24) is 0 Å². The van der Waals surface area contributed by atoms with E-state index in [0.29, 0.717) is 18.2 Å². The molecule has 0 aliphatic rings. The Morgan fingerprint density at radius 1 is 1.00 bits per heavy atom. The number of aromatic hydroxyl groups is 2. The zero-order valence-corrected chi connectivity index (χ0v) is 11.9. The van der Waals surface area contributed by atoms with Crippen molar-refractivity contribution in [3.8, 4) is 11.5 Å². The lowest BCUT2D eigenvalue weighted by atomic mass is 9.98. The Labute approximate surface area is 118 Å². The number of rotatable bonds is 5. The molecule has 0 heterocycles. The molecule has 0 radical (unpaired) electrons. The van der Waals surface area contributed by atoms with Crippen molar-refractivity contribution >= 4 is 16.6 Å². The molecule has 20 heavy (non-hydrogen) atoms. The van der Waals surface area contributed by atoms with Crippen molar-refractivity contribution in [3.63, 3.8) is 0 Å². The smallest absolute Gasteiger partial charge is 0.137 e. The third kappa shape index (κ3) is 2.93. The second-order valence-corrected chi connectivity index (χ2v) is 5.15. The molecule has 3 heteroatoms. The first-order valence-electron chi connectivity index (χ1n) is 7.04. The van der Waals surface area contributed by atoms with Crippen LogP contribution in [0.2, 0.25) is 0 Å². The quantitative estimate of drug-likeness (QED) is 0.872. The summed E-state index contributed by atoms with van der Waals surface area (Å²) in [5.41, 5.74) is 1.80. The number of benzene rings is 2. The second kappa shape index (κ2) is 5.95. The lowest BCUT2D eigenvalue weighted by Gasteiger charge is -2.09. The molecular weight excluding hydrogens is 252 g/mol. The SMILES string of the molecule is CCCC(=O)Cc1cc(O)c2c(O)cc(CC)cc2c1. The molecule has 2 aromatic rings. The molecule has 0 aromatic heterocycles. The fraction of sp³-hybridized carbons (Fsp3) is 0.353. The standard InChI is InChI=1S/C17H20O3/c1-3-5-14(18)8-12-7-13-6-11(4-2)9-15(19)17(13)16(20)10-12/h6-7,9-10,19-20H,3-5,8H2,1-2H3. The highest BCUT2D eigenvalue weighted by atomic mass is 16.3. The van der Waals surface area contributed by atoms with E-state index in [9.17, 15) is 15.0 Å². The summed E-state index contributed by atoms with van der Waals surface area (Å²) in [6, 6.07) is 7.06. The topological polar surface area (TPSA) is 57.5 Å². The fourth-order valence-corrected chi connectivity index (χ4v) is 2.49. The van der Waals surface area contributed by atoms with Gasteiger partial charge in [-0.05, 0) is 41.5 Å². The Kier molecular flexibility index (Phi) is 4.28. The van der Waals surface area contributed by atoms with Crippen LogP contribution in [0.25, 0.3) is 10.8 Å². The average Bonchev–Trinajstić information content (AvgIpc) is 2.37. The number of carbonyl (C=O) groups is 1. The van der Waals surface area contributed by atoms with Gasteiger partial charge in [-0.3, -0.25) is 4.79 Å². The van der Waals surface area contributed by atoms with Crippen molar-refractivity contribution in [2.45, 2.75) is 39.5 Å². The van der Waals surface area contributed by atoms with Crippen LogP contribution < -0.4 is 0 Å². The maximum Gasteiger partial charge on any atom is 0.137 e. The van der Waals surface area contributed by atoms with Crippen LogP contribution in [0, 0.1) is 0 Å². The number of hydrogen-bond acceptors (Lipinski definition) is 3. The molecule has 2 rings (SSSR count). The Morgan fingerprint density at radius 2 is 1.60 bits per heavy atom. The molecule has 3 nitrogen and oxygen atoms in total. The van der Waals surface area contributed by atoms with E-state index in [2.05, 4.69) is 0 Å². The van der Waals surface area contributed by atoms with Crippen molar-refractivity contribution in [2.75, 3.05) is 0 Å². The van der Waals surface area contributed by atoms with Gasteiger partial charge < -0.3 is 10.2 Å². The van der Waals surface area contributed by atoms with E-state index in [1.165, 1.54) is 0 Å². The number of phenols is 2. The van der Waals surface area contributed by atoms with Crippen LogP contribution >= 0.6 is 0 Å². The number of phenolic OH excluding ortho intramolecular Hbond substituents is 2. The van der Waals surface area contributed by atoms with E-state index in [-0.39, 0.29) is 17.3 Å².